The second kappa shape index (κ2) is 9.62. The standard InChI is InChI=1S/C22H20Cl2N2O3S/c1-16-8-10-21(11-9-16)30(28,29)26(14-17-4-2-5-18(23)12-17)15-22(27)25-20-7-3-6-19(24)13-20/h2-13H,14-15H2,1H3,(H,25,27). The van der Waals surface area contributed by atoms with E-state index in [2.05, 4.69) is 5.32 Å². The predicted molar refractivity (Wildman–Crippen MR) is 120 cm³/mol. The molecule has 8 heteroatoms. The number of halogens is 2. The van der Waals surface area contributed by atoms with Crippen molar-refractivity contribution in [2.45, 2.75) is 18.4 Å². The van der Waals surface area contributed by atoms with Gasteiger partial charge in [-0.15, -0.1) is 0 Å². The maximum Gasteiger partial charge on any atom is 0.243 e. The molecule has 3 rings (SSSR count). The van der Waals surface area contributed by atoms with Gasteiger partial charge in [-0.25, -0.2) is 8.42 Å². The summed E-state index contributed by atoms with van der Waals surface area (Å²) in [5.74, 6) is -0.477. The monoisotopic (exact) mass is 462 g/mol. The minimum Gasteiger partial charge on any atom is -0.325 e. The Balaban J connectivity index is 1.88. The first-order chi connectivity index (χ1) is 14.2. The molecule has 0 aromatic heterocycles. The zero-order chi connectivity index (χ0) is 21.7. The minimum atomic E-state index is -3.92. The molecule has 0 unspecified atom stereocenters. The average Bonchev–Trinajstić information content (AvgIpc) is 2.68. The lowest BCUT2D eigenvalue weighted by Gasteiger charge is -2.22. The van der Waals surface area contributed by atoms with Crippen LogP contribution in [-0.4, -0.2) is 25.2 Å². The first-order valence-corrected chi connectivity index (χ1v) is 11.3. The quantitative estimate of drug-likeness (QED) is 0.528. The van der Waals surface area contributed by atoms with Crippen LogP contribution in [0.15, 0.2) is 77.7 Å². The molecule has 0 aliphatic rings. The Morgan fingerprint density at radius 1 is 0.933 bits per heavy atom. The maximum atomic E-state index is 13.3. The van der Waals surface area contributed by atoms with Crippen molar-refractivity contribution in [1.82, 2.24) is 4.31 Å². The molecule has 0 saturated heterocycles. The molecule has 156 valence electrons. The zero-order valence-corrected chi connectivity index (χ0v) is 18.5. The van der Waals surface area contributed by atoms with Crippen LogP contribution in [0.4, 0.5) is 5.69 Å². The van der Waals surface area contributed by atoms with Crippen LogP contribution in [0.1, 0.15) is 11.1 Å². The predicted octanol–water partition coefficient (Wildman–Crippen LogP) is 5.13. The van der Waals surface area contributed by atoms with Gasteiger partial charge in [0.2, 0.25) is 15.9 Å². The third kappa shape index (κ3) is 5.83. The summed E-state index contributed by atoms with van der Waals surface area (Å²) in [6.45, 7) is 1.51. The summed E-state index contributed by atoms with van der Waals surface area (Å²) < 4.78 is 27.7. The Kier molecular flexibility index (Phi) is 7.15. The summed E-state index contributed by atoms with van der Waals surface area (Å²) in [6.07, 6.45) is 0. The van der Waals surface area contributed by atoms with Gasteiger partial charge in [-0.1, -0.05) is 59.1 Å². The van der Waals surface area contributed by atoms with Crippen LogP contribution in [0, 0.1) is 6.92 Å². The number of anilines is 1. The van der Waals surface area contributed by atoms with Crippen molar-refractivity contribution in [3.63, 3.8) is 0 Å². The van der Waals surface area contributed by atoms with Gasteiger partial charge in [0, 0.05) is 22.3 Å². The number of hydrogen-bond donors (Lipinski definition) is 1. The average molecular weight is 463 g/mol. The van der Waals surface area contributed by atoms with Gasteiger partial charge in [-0.05, 0) is 55.0 Å². The number of nitrogens with one attached hydrogen (secondary N) is 1. The molecule has 0 bridgehead atoms. The normalized spacial score (nSPS) is 11.5. The highest BCUT2D eigenvalue weighted by molar-refractivity contribution is 7.89. The van der Waals surface area contributed by atoms with Crippen LogP contribution in [0.3, 0.4) is 0 Å². The highest BCUT2D eigenvalue weighted by Crippen LogP contribution is 2.21. The third-order valence-electron chi connectivity index (χ3n) is 4.34. The fourth-order valence-electron chi connectivity index (χ4n) is 2.85. The molecule has 3 aromatic carbocycles. The van der Waals surface area contributed by atoms with Crippen LogP contribution in [0.2, 0.25) is 10.0 Å². The number of aryl methyl sites for hydroxylation is 1. The lowest BCUT2D eigenvalue weighted by Crippen LogP contribution is -2.37. The molecule has 0 radical (unpaired) electrons. The molecule has 0 fully saturated rings. The fourth-order valence-corrected chi connectivity index (χ4v) is 4.64. The molecular formula is C22H20Cl2N2O3S. The molecule has 5 nitrogen and oxygen atoms in total. The van der Waals surface area contributed by atoms with E-state index in [-0.39, 0.29) is 18.0 Å². The second-order valence-electron chi connectivity index (χ2n) is 6.77. The number of amides is 1. The number of hydrogen-bond acceptors (Lipinski definition) is 3. The highest BCUT2D eigenvalue weighted by atomic mass is 35.5. The SMILES string of the molecule is Cc1ccc(S(=O)(=O)N(CC(=O)Nc2cccc(Cl)c2)Cc2cccc(Cl)c2)cc1. The molecule has 0 spiro atoms. The molecule has 0 heterocycles. The van der Waals surface area contributed by atoms with Crippen molar-refractivity contribution < 1.29 is 13.2 Å². The van der Waals surface area contributed by atoms with Crippen molar-refractivity contribution in [2.24, 2.45) is 0 Å². The lowest BCUT2D eigenvalue weighted by atomic mass is 10.2. The topological polar surface area (TPSA) is 66.5 Å². The van der Waals surface area contributed by atoms with E-state index in [4.69, 9.17) is 23.2 Å². The third-order valence-corrected chi connectivity index (χ3v) is 6.61. The summed E-state index contributed by atoms with van der Waals surface area (Å²) in [5.41, 5.74) is 2.10. The van der Waals surface area contributed by atoms with Crippen LogP contribution in [0.5, 0.6) is 0 Å². The Morgan fingerprint density at radius 2 is 1.57 bits per heavy atom. The molecule has 3 aromatic rings. The molecule has 1 amide bonds. The van der Waals surface area contributed by atoms with Crippen molar-refractivity contribution in [1.29, 1.82) is 0 Å². The van der Waals surface area contributed by atoms with E-state index in [1.807, 2.05) is 6.92 Å². The van der Waals surface area contributed by atoms with Crippen LogP contribution in [0.25, 0.3) is 0 Å². The lowest BCUT2D eigenvalue weighted by molar-refractivity contribution is -0.116. The zero-order valence-electron chi connectivity index (χ0n) is 16.2. The first kappa shape index (κ1) is 22.3. The van der Waals surface area contributed by atoms with E-state index in [0.717, 1.165) is 9.87 Å². The minimum absolute atomic E-state index is 0.000262. The van der Waals surface area contributed by atoms with E-state index in [9.17, 15) is 13.2 Å². The van der Waals surface area contributed by atoms with Crippen molar-refractivity contribution in [2.75, 3.05) is 11.9 Å². The maximum absolute atomic E-state index is 13.3. The summed E-state index contributed by atoms with van der Waals surface area (Å²) in [7, 11) is -3.92. The van der Waals surface area contributed by atoms with Gasteiger partial charge >= 0.3 is 0 Å². The van der Waals surface area contributed by atoms with Crippen molar-refractivity contribution >= 4 is 44.8 Å². The van der Waals surface area contributed by atoms with Crippen LogP contribution < -0.4 is 5.32 Å². The Morgan fingerprint density at radius 3 is 2.20 bits per heavy atom. The summed E-state index contributed by atoms with van der Waals surface area (Å²) in [4.78, 5) is 12.8. The van der Waals surface area contributed by atoms with Crippen molar-refractivity contribution in [3.05, 3.63) is 94.0 Å². The van der Waals surface area contributed by atoms with E-state index in [1.54, 1.807) is 60.7 Å². The second-order valence-corrected chi connectivity index (χ2v) is 9.59. The first-order valence-electron chi connectivity index (χ1n) is 9.11. The fraction of sp³-hybridized carbons (Fsp3) is 0.136. The summed E-state index contributed by atoms with van der Waals surface area (Å²) in [6, 6.07) is 20.0. The molecule has 0 aliphatic carbocycles. The molecule has 30 heavy (non-hydrogen) atoms. The molecule has 0 atom stereocenters. The van der Waals surface area contributed by atoms with E-state index >= 15 is 0 Å². The number of carbonyl (C=O) groups is 1. The number of sulfonamides is 1. The van der Waals surface area contributed by atoms with Crippen molar-refractivity contribution in [3.8, 4) is 0 Å². The van der Waals surface area contributed by atoms with Gasteiger partial charge in [0.25, 0.3) is 0 Å². The van der Waals surface area contributed by atoms with E-state index in [1.165, 1.54) is 12.1 Å². The highest BCUT2D eigenvalue weighted by Gasteiger charge is 2.27. The van der Waals surface area contributed by atoms with Crippen LogP contribution >= 0.6 is 23.2 Å². The summed E-state index contributed by atoms with van der Waals surface area (Å²) >= 11 is 12.0. The van der Waals surface area contributed by atoms with Gasteiger partial charge in [0.05, 0.1) is 11.4 Å². The Bertz CT molecular complexity index is 1150. The Labute approximate surface area is 186 Å². The number of rotatable bonds is 7. The molecular weight excluding hydrogens is 443 g/mol. The van der Waals surface area contributed by atoms with E-state index < -0.39 is 15.9 Å². The smallest absolute Gasteiger partial charge is 0.243 e. The Hall–Kier alpha value is -2.38. The van der Waals surface area contributed by atoms with E-state index in [0.29, 0.717) is 21.3 Å². The number of nitrogens with zero attached hydrogens (tertiary/aromatic N) is 1. The number of benzene rings is 3. The van der Waals surface area contributed by atoms with Crippen LogP contribution in [-0.2, 0) is 21.4 Å². The van der Waals surface area contributed by atoms with Gasteiger partial charge in [0.15, 0.2) is 0 Å². The molecule has 0 aliphatic heterocycles. The van der Waals surface area contributed by atoms with Gasteiger partial charge in [-0.2, -0.15) is 4.31 Å². The largest absolute Gasteiger partial charge is 0.325 e. The van der Waals surface area contributed by atoms with Gasteiger partial charge < -0.3 is 5.32 Å². The number of carbonyl (C=O) groups excluding carboxylic acids is 1. The molecule has 0 saturated carbocycles. The van der Waals surface area contributed by atoms with Gasteiger partial charge in [-0.3, -0.25) is 4.79 Å². The summed E-state index contributed by atoms with van der Waals surface area (Å²) in [5, 5.41) is 3.65. The van der Waals surface area contributed by atoms with Gasteiger partial charge in [0.1, 0.15) is 0 Å². The molecule has 1 N–H and O–H groups in total.